The number of hydrazine groups is 1. The molecule has 3 aliphatic rings. The number of nitroso groups, excluding NO2 is 1. The van der Waals surface area contributed by atoms with Crippen LogP contribution in [0.4, 0.5) is 10.2 Å². The standard InChI is InChI=1S/C58H76FN11O7/c1-37-35-68(56(73)47(34-60)54-63-27-26-50(65-54)64-38(2)46-33-43(59)23-25-49(46)77-37)29-28-62-51(71)21-12-10-8-9-11-15-30-76-44-24-22-41-32-52(70(75)67-48-20-16-18-40-17-13-14-19-45(40)48)69(36-42(41)31-44)57(74)53(58(4,5)6)66-55(72)39(3)61-7/h13-14,17,19,22-27,31,33-34,38-39,48,52-53,61H,1,8-12,15-16,18,20-21,28-30,32,35-36H2,2-7H3,(H5-,60,62,63,64,65,66,67,71,72,73,75)/p+2/t38-,39-,48?,52+,53+/m1/s1. The first-order valence-corrected chi connectivity index (χ1v) is 27.1. The first kappa shape index (κ1) is 57.3. The van der Waals surface area contributed by atoms with Crippen molar-refractivity contribution in [1.82, 2.24) is 36.2 Å². The Hall–Kier alpha value is -7.41. The second kappa shape index (κ2) is 26.6. The van der Waals surface area contributed by atoms with Gasteiger partial charge in [-0.05, 0) is 116 Å². The van der Waals surface area contributed by atoms with Gasteiger partial charge in [-0.25, -0.2) is 9.37 Å². The predicted octanol–water partition coefficient (Wildman–Crippen LogP) is 6.88. The van der Waals surface area contributed by atoms with E-state index in [1.807, 2.05) is 58.0 Å². The zero-order valence-electron chi connectivity index (χ0n) is 45.5. The number of halogens is 1. The van der Waals surface area contributed by atoms with Crippen molar-refractivity contribution < 1.29 is 42.9 Å². The summed E-state index contributed by atoms with van der Waals surface area (Å²) in [5.74, 6) is 0.326. The molecule has 8 N–H and O–H groups in total. The number of ether oxygens (including phenoxy) is 2. The fourth-order valence-electron chi connectivity index (χ4n) is 10.0. The van der Waals surface area contributed by atoms with Crippen molar-refractivity contribution in [1.29, 1.82) is 0 Å². The normalized spacial score (nSPS) is 18.8. The number of anilines is 1. The van der Waals surface area contributed by atoms with Gasteiger partial charge >= 0.3 is 12.0 Å². The molecule has 3 aromatic carbocycles. The number of fused-ring (bicyclic) bond motifs is 5. The van der Waals surface area contributed by atoms with Crippen LogP contribution in [0.25, 0.3) is 5.57 Å². The molecule has 0 saturated heterocycles. The van der Waals surface area contributed by atoms with E-state index in [0.29, 0.717) is 42.3 Å². The quantitative estimate of drug-likeness (QED) is 0.0231. The van der Waals surface area contributed by atoms with E-state index in [9.17, 15) is 28.5 Å². The molecule has 3 heterocycles. The lowest BCUT2D eigenvalue weighted by molar-refractivity contribution is -0.665. The molecule has 0 fully saturated rings. The fraction of sp³-hybridized carbons (Fsp3) is 0.483. The van der Waals surface area contributed by atoms with E-state index >= 15 is 0 Å². The van der Waals surface area contributed by atoms with Gasteiger partial charge in [0.15, 0.2) is 0 Å². The number of H-pyrrole nitrogens is 1. The van der Waals surface area contributed by atoms with Crippen molar-refractivity contribution in [2.75, 3.05) is 38.6 Å². The van der Waals surface area contributed by atoms with E-state index in [1.165, 1.54) is 34.9 Å². The van der Waals surface area contributed by atoms with Crippen LogP contribution in [0.5, 0.6) is 11.5 Å². The number of amides is 4. The molecule has 18 nitrogen and oxygen atoms in total. The van der Waals surface area contributed by atoms with Gasteiger partial charge in [0.2, 0.25) is 17.6 Å². The number of rotatable bonds is 20. The van der Waals surface area contributed by atoms with E-state index in [-0.39, 0.29) is 73.5 Å². The number of unbranched alkanes of at least 4 members (excludes halogenated alkanes) is 5. The van der Waals surface area contributed by atoms with E-state index < -0.39 is 41.4 Å². The highest BCUT2D eigenvalue weighted by Crippen LogP contribution is 2.34. The minimum Gasteiger partial charge on any atom is -0.494 e. The predicted molar refractivity (Wildman–Crippen MR) is 292 cm³/mol. The van der Waals surface area contributed by atoms with Crippen molar-refractivity contribution in [3.63, 3.8) is 0 Å². The Labute approximate surface area is 451 Å². The number of nitrogens with zero attached hydrogens (tertiary/aromatic N) is 4. The molecule has 1 unspecified atom stereocenters. The van der Waals surface area contributed by atoms with Gasteiger partial charge in [-0.15, -0.1) is 5.43 Å². The lowest BCUT2D eigenvalue weighted by Crippen LogP contribution is -2.62. The van der Waals surface area contributed by atoms with Gasteiger partial charge in [-0.3, -0.25) is 24.1 Å². The van der Waals surface area contributed by atoms with Crippen molar-refractivity contribution in [2.24, 2.45) is 11.1 Å². The van der Waals surface area contributed by atoms with E-state index in [0.717, 1.165) is 72.9 Å². The van der Waals surface area contributed by atoms with Gasteiger partial charge in [-0.2, -0.15) is 0 Å². The van der Waals surface area contributed by atoms with Crippen LogP contribution in [0.1, 0.15) is 138 Å². The second-order valence-electron chi connectivity index (χ2n) is 21.4. The third-order valence-electron chi connectivity index (χ3n) is 14.5. The molecule has 2 bridgehead atoms. The summed E-state index contributed by atoms with van der Waals surface area (Å²) in [7, 11) is 1.69. The molecule has 77 heavy (non-hydrogen) atoms. The van der Waals surface area contributed by atoms with E-state index in [4.69, 9.17) is 15.2 Å². The maximum atomic E-state index is 14.7. The van der Waals surface area contributed by atoms with Gasteiger partial charge in [0, 0.05) is 37.3 Å². The Morgan fingerprint density at radius 1 is 1.01 bits per heavy atom. The Morgan fingerprint density at radius 3 is 2.55 bits per heavy atom. The number of hydrogen-bond acceptors (Lipinski definition) is 11. The molecular weight excluding hydrogens is 982 g/mol. The molecule has 0 saturated carbocycles. The number of carbonyl (C=O) groups excluding carboxylic acids is 4. The van der Waals surface area contributed by atoms with Crippen LogP contribution < -0.4 is 46.9 Å². The van der Waals surface area contributed by atoms with Crippen LogP contribution in [-0.4, -0.2) is 94.8 Å². The van der Waals surface area contributed by atoms with Gasteiger partial charge in [0.25, 0.3) is 11.8 Å². The number of nitrogens with two attached hydrogens (primary N) is 1. The number of hydrogen-bond donors (Lipinski definition) is 6. The minimum atomic E-state index is -0.893. The largest absolute Gasteiger partial charge is 0.494 e. The Balaban J connectivity index is 0.873. The average Bonchev–Trinajstić information content (AvgIpc) is 3.41. The maximum Gasteiger partial charge on any atom is 0.337 e. The molecular formula is C58H78FN11O7+2. The van der Waals surface area contributed by atoms with Crippen molar-refractivity contribution in [3.8, 4) is 11.5 Å². The highest BCUT2D eigenvalue weighted by Gasteiger charge is 2.47. The Morgan fingerprint density at radius 2 is 1.78 bits per heavy atom. The van der Waals surface area contributed by atoms with Crippen LogP contribution in [0, 0.1) is 16.1 Å². The molecule has 1 aromatic heterocycles. The number of carbonyl (C=O) groups is 4. The zero-order chi connectivity index (χ0) is 55.2. The summed E-state index contributed by atoms with van der Waals surface area (Å²) in [6.07, 6.45) is 10.6. The van der Waals surface area contributed by atoms with Crippen LogP contribution in [0.3, 0.4) is 0 Å². The summed E-state index contributed by atoms with van der Waals surface area (Å²) in [6, 6.07) is 17.9. The molecule has 412 valence electrons. The summed E-state index contributed by atoms with van der Waals surface area (Å²) in [5.41, 5.74) is 13.4. The lowest BCUT2D eigenvalue weighted by atomic mass is 9.84. The highest BCUT2D eigenvalue weighted by molar-refractivity contribution is 6.17. The topological polar surface area (TPSA) is 226 Å². The first-order valence-electron chi connectivity index (χ1n) is 27.1. The zero-order valence-corrected chi connectivity index (χ0v) is 45.5. The van der Waals surface area contributed by atoms with Gasteiger partial charge in [0.05, 0.1) is 49.3 Å². The smallest absolute Gasteiger partial charge is 0.337 e. The van der Waals surface area contributed by atoms with Crippen LogP contribution in [0.2, 0.25) is 0 Å². The third-order valence-corrected chi connectivity index (χ3v) is 14.5. The SMILES string of the molecule is C=C1CN(CCNC(=O)CCCCCCCCOc2ccc3c(c2)CN(C(=O)[C@H](NC(=O)[C@@H](C)NC)C(C)(C)C)[C@@H]([N+](=O)NC2CCCc4ccccc42)C3)C(=O)/C(=C/N)c2nc(cc[nH+]2)N[C@H](C)c2cc(F)ccc2O1. The molecule has 0 spiro atoms. The third kappa shape index (κ3) is 15.2. The summed E-state index contributed by atoms with van der Waals surface area (Å²) in [6.45, 7) is 14.3. The molecule has 1 aliphatic carbocycles. The summed E-state index contributed by atoms with van der Waals surface area (Å²) >= 11 is 0. The monoisotopic (exact) mass is 1060 g/mol. The number of benzene rings is 3. The Bertz CT molecular complexity index is 2800. The minimum absolute atomic E-state index is 0.0277. The van der Waals surface area contributed by atoms with Crippen LogP contribution >= 0.6 is 0 Å². The fourth-order valence-corrected chi connectivity index (χ4v) is 10.0. The molecule has 7 rings (SSSR count). The van der Waals surface area contributed by atoms with E-state index in [1.54, 1.807) is 31.1 Å². The van der Waals surface area contributed by atoms with Crippen molar-refractivity contribution >= 4 is 35.0 Å². The van der Waals surface area contributed by atoms with Gasteiger partial charge in [-0.1, -0.05) is 83.4 Å². The number of aromatic amines is 1. The molecule has 4 aromatic rings. The summed E-state index contributed by atoms with van der Waals surface area (Å²) in [4.78, 5) is 80.6. The van der Waals surface area contributed by atoms with E-state index in [2.05, 4.69) is 55.4 Å². The number of nitrogens with one attached hydrogen (secondary N) is 6. The molecule has 0 radical (unpaired) electrons. The van der Waals surface area contributed by atoms with Crippen LogP contribution in [-0.2, 0) is 38.6 Å². The lowest BCUT2D eigenvalue weighted by Gasteiger charge is -2.38. The highest BCUT2D eigenvalue weighted by atomic mass is 19.1. The summed E-state index contributed by atoms with van der Waals surface area (Å²) < 4.78 is 26.7. The van der Waals surface area contributed by atoms with Crippen LogP contribution in [0.15, 0.2) is 91.5 Å². The Kier molecular flexibility index (Phi) is 19.8. The first-order chi connectivity index (χ1) is 36.9. The number of likely N-dealkylation sites (N-methyl/N-ethyl adjacent to an activating group) is 1. The number of aryl methyl sites for hydroxylation is 1. The van der Waals surface area contributed by atoms with Crippen molar-refractivity contribution in [2.45, 2.75) is 142 Å². The molecule has 2 aliphatic heterocycles. The number of aromatic nitrogens is 2. The van der Waals surface area contributed by atoms with Crippen molar-refractivity contribution in [3.05, 3.63) is 136 Å². The molecule has 19 heteroatoms. The van der Waals surface area contributed by atoms with Gasteiger partial charge < -0.3 is 41.4 Å². The molecule has 4 amide bonds. The maximum absolute atomic E-state index is 14.7. The van der Waals surface area contributed by atoms with Gasteiger partial charge in [0.1, 0.15) is 45.6 Å². The second-order valence-corrected chi connectivity index (χ2v) is 21.4. The molecule has 5 atom stereocenters. The average molecular weight is 1060 g/mol. The summed E-state index contributed by atoms with van der Waals surface area (Å²) in [5, 5.41) is 12.1.